The summed E-state index contributed by atoms with van der Waals surface area (Å²) in [4.78, 5) is 14.0. The average molecular weight is 407 g/mol. The lowest BCUT2D eigenvalue weighted by Gasteiger charge is -2.18. The van der Waals surface area contributed by atoms with Crippen molar-refractivity contribution < 1.29 is 14.4 Å². The predicted octanol–water partition coefficient (Wildman–Crippen LogP) is 2.03. The van der Waals surface area contributed by atoms with E-state index in [-0.39, 0.29) is 0 Å². The van der Waals surface area contributed by atoms with Gasteiger partial charge in [0.05, 0.1) is 5.69 Å². The Hall–Kier alpha value is -2.97. The van der Waals surface area contributed by atoms with Crippen LogP contribution in [0.5, 0.6) is 0 Å². The van der Waals surface area contributed by atoms with Crippen LogP contribution in [0.3, 0.4) is 0 Å². The van der Waals surface area contributed by atoms with Crippen molar-refractivity contribution in [3.8, 4) is 16.9 Å². The van der Waals surface area contributed by atoms with Crippen LogP contribution >= 0.6 is 0 Å². The maximum Gasteiger partial charge on any atom is 0.269 e. The van der Waals surface area contributed by atoms with Crippen LogP contribution < -0.4 is 5.73 Å². The molecule has 0 radical (unpaired) electrons. The first-order valence-electron chi connectivity index (χ1n) is 10.3. The van der Waals surface area contributed by atoms with Gasteiger partial charge in [0.15, 0.2) is 11.5 Å². The quantitative estimate of drug-likeness (QED) is 0.685. The van der Waals surface area contributed by atoms with Crippen LogP contribution in [0.1, 0.15) is 46.8 Å². The highest BCUT2D eigenvalue weighted by molar-refractivity contribution is 5.92. The Bertz CT molecular complexity index is 1120. The van der Waals surface area contributed by atoms with E-state index in [9.17, 15) is 9.90 Å². The van der Waals surface area contributed by atoms with Gasteiger partial charge >= 0.3 is 0 Å². The fourth-order valence-electron chi connectivity index (χ4n) is 4.62. The van der Waals surface area contributed by atoms with E-state index in [4.69, 9.17) is 10.3 Å². The molecule has 8 nitrogen and oxygen atoms in total. The van der Waals surface area contributed by atoms with E-state index in [2.05, 4.69) is 15.2 Å². The number of benzene rings is 1. The Balaban J connectivity index is 1.51. The number of likely N-dealkylation sites (N-methyl/N-ethyl adjacent to an activating group) is 1. The molecule has 1 aliphatic heterocycles. The van der Waals surface area contributed by atoms with Crippen molar-refractivity contribution >= 4 is 5.91 Å². The summed E-state index contributed by atoms with van der Waals surface area (Å²) in [6.45, 7) is 1.34. The number of amides is 1. The Morgan fingerprint density at radius 1 is 1.27 bits per heavy atom. The van der Waals surface area contributed by atoms with Crippen LogP contribution in [-0.2, 0) is 18.4 Å². The van der Waals surface area contributed by atoms with Crippen molar-refractivity contribution in [2.24, 2.45) is 5.73 Å². The molecule has 0 unspecified atom stereocenters. The zero-order chi connectivity index (χ0) is 20.9. The van der Waals surface area contributed by atoms with Gasteiger partial charge in [-0.15, -0.1) is 0 Å². The fourth-order valence-corrected chi connectivity index (χ4v) is 4.62. The number of carbonyl (C=O) groups is 1. The minimum atomic E-state index is -1.00. The summed E-state index contributed by atoms with van der Waals surface area (Å²) in [5.74, 6) is -0.00120. The Labute approximate surface area is 174 Å². The summed E-state index contributed by atoms with van der Waals surface area (Å²) < 4.78 is 7.35. The molecule has 1 aromatic carbocycles. The highest BCUT2D eigenvalue weighted by atomic mass is 16.5. The number of primary amides is 1. The first-order valence-corrected chi connectivity index (χ1v) is 10.3. The SMILES string of the molecule is CN1CC[C@@](O)(c2cc(-c3cccc(-n4nc(C(N)=O)c5c4CCCC5)c3)no2)C1. The third-order valence-electron chi connectivity index (χ3n) is 6.21. The summed E-state index contributed by atoms with van der Waals surface area (Å²) in [6, 6.07) is 9.61. The third-order valence-corrected chi connectivity index (χ3v) is 6.21. The number of hydrogen-bond acceptors (Lipinski definition) is 6. The minimum absolute atomic E-state index is 0.367. The standard InChI is InChI=1S/C22H25N5O3/c1-26-10-9-22(29,13-26)19-12-17(25-30-19)14-5-4-6-15(11-14)27-18-8-3-2-7-16(18)20(24-27)21(23)28/h4-6,11-12,29H,2-3,7-10,13H2,1H3,(H2,23,28)/t22-/m0/s1. The van der Waals surface area contributed by atoms with Gasteiger partial charge in [0, 0.05) is 36.0 Å². The monoisotopic (exact) mass is 407 g/mol. The smallest absolute Gasteiger partial charge is 0.269 e. The van der Waals surface area contributed by atoms with Crippen LogP contribution in [0.2, 0.25) is 0 Å². The average Bonchev–Trinajstić information content (AvgIpc) is 3.46. The maximum atomic E-state index is 11.9. The Morgan fingerprint density at radius 2 is 2.10 bits per heavy atom. The number of rotatable bonds is 4. The number of nitrogens with zero attached hydrogens (tertiary/aromatic N) is 4. The number of hydrogen-bond donors (Lipinski definition) is 2. The van der Waals surface area contributed by atoms with Gasteiger partial charge in [0.1, 0.15) is 11.3 Å². The molecule has 1 aliphatic carbocycles. The van der Waals surface area contributed by atoms with E-state index >= 15 is 0 Å². The fraction of sp³-hybridized carbons (Fsp3) is 0.409. The van der Waals surface area contributed by atoms with E-state index in [1.807, 2.05) is 42.1 Å². The Kier molecular flexibility index (Phi) is 4.48. The molecular formula is C22H25N5O3. The second-order valence-corrected chi connectivity index (χ2v) is 8.40. The molecule has 0 bridgehead atoms. The van der Waals surface area contributed by atoms with Crippen molar-refractivity contribution in [1.82, 2.24) is 19.8 Å². The Morgan fingerprint density at radius 3 is 2.87 bits per heavy atom. The van der Waals surface area contributed by atoms with E-state index in [1.165, 1.54) is 0 Å². The second kappa shape index (κ2) is 7.07. The van der Waals surface area contributed by atoms with Gasteiger partial charge < -0.3 is 20.3 Å². The van der Waals surface area contributed by atoms with Gasteiger partial charge in [-0.05, 0) is 51.3 Å². The summed E-state index contributed by atoms with van der Waals surface area (Å²) in [5.41, 5.74) is 9.32. The van der Waals surface area contributed by atoms with Crippen LogP contribution in [0, 0.1) is 0 Å². The van der Waals surface area contributed by atoms with E-state index in [0.29, 0.717) is 30.1 Å². The number of carbonyl (C=O) groups excluding carboxylic acids is 1. The predicted molar refractivity (Wildman–Crippen MR) is 110 cm³/mol. The van der Waals surface area contributed by atoms with Crippen molar-refractivity contribution in [3.05, 3.63) is 53.0 Å². The molecule has 156 valence electrons. The molecule has 8 heteroatoms. The molecule has 0 spiro atoms. The van der Waals surface area contributed by atoms with Crippen LogP contribution in [0.4, 0.5) is 0 Å². The second-order valence-electron chi connectivity index (χ2n) is 8.40. The summed E-state index contributed by atoms with van der Waals surface area (Å²) >= 11 is 0. The lowest BCUT2D eigenvalue weighted by atomic mass is 9.95. The number of aromatic nitrogens is 3. The van der Waals surface area contributed by atoms with Gasteiger partial charge in [0.25, 0.3) is 5.91 Å². The van der Waals surface area contributed by atoms with E-state index in [0.717, 1.165) is 54.7 Å². The lowest BCUT2D eigenvalue weighted by molar-refractivity contribution is 0.0211. The normalized spacial score (nSPS) is 21.7. The lowest BCUT2D eigenvalue weighted by Crippen LogP contribution is -2.28. The molecular weight excluding hydrogens is 382 g/mol. The molecule has 3 heterocycles. The molecule has 3 aromatic rings. The molecule has 2 aromatic heterocycles. The zero-order valence-electron chi connectivity index (χ0n) is 17.0. The van der Waals surface area contributed by atoms with Crippen molar-refractivity contribution in [1.29, 1.82) is 0 Å². The summed E-state index contributed by atoms with van der Waals surface area (Å²) in [5, 5.41) is 19.6. The van der Waals surface area contributed by atoms with E-state index < -0.39 is 11.5 Å². The van der Waals surface area contributed by atoms with Gasteiger partial charge in [-0.25, -0.2) is 4.68 Å². The van der Waals surface area contributed by atoms with Crippen LogP contribution in [0.15, 0.2) is 34.9 Å². The van der Waals surface area contributed by atoms with Crippen LogP contribution in [0.25, 0.3) is 16.9 Å². The number of β-amino-alcohol motifs (C(OH)–C–C–N with tert-alkyl or cyclic N) is 1. The number of aliphatic hydroxyl groups is 1. The molecule has 1 saturated heterocycles. The first-order chi connectivity index (χ1) is 14.4. The highest BCUT2D eigenvalue weighted by Crippen LogP contribution is 2.34. The zero-order valence-corrected chi connectivity index (χ0v) is 17.0. The molecule has 3 N–H and O–H groups in total. The van der Waals surface area contributed by atoms with Crippen molar-refractivity contribution in [2.45, 2.75) is 37.7 Å². The van der Waals surface area contributed by atoms with E-state index in [1.54, 1.807) is 0 Å². The van der Waals surface area contributed by atoms with Gasteiger partial charge in [-0.3, -0.25) is 4.79 Å². The van der Waals surface area contributed by atoms with Gasteiger partial charge in [-0.1, -0.05) is 17.3 Å². The molecule has 0 saturated carbocycles. The number of nitrogens with two attached hydrogens (primary N) is 1. The van der Waals surface area contributed by atoms with Crippen molar-refractivity contribution in [2.75, 3.05) is 20.1 Å². The van der Waals surface area contributed by atoms with Crippen LogP contribution in [-0.4, -0.2) is 51.0 Å². The van der Waals surface area contributed by atoms with Gasteiger partial charge in [-0.2, -0.15) is 5.10 Å². The third kappa shape index (κ3) is 3.12. The highest BCUT2D eigenvalue weighted by Gasteiger charge is 2.39. The minimum Gasteiger partial charge on any atom is -0.380 e. The summed E-state index contributed by atoms with van der Waals surface area (Å²) in [6.07, 6.45) is 4.42. The molecule has 2 aliphatic rings. The number of likely N-dealkylation sites (tertiary alicyclic amines) is 1. The molecule has 1 amide bonds. The van der Waals surface area contributed by atoms with Gasteiger partial charge in [0.2, 0.25) is 0 Å². The molecule has 30 heavy (non-hydrogen) atoms. The molecule has 1 fully saturated rings. The van der Waals surface area contributed by atoms with Crippen molar-refractivity contribution in [3.63, 3.8) is 0 Å². The topological polar surface area (TPSA) is 110 Å². The molecule has 5 rings (SSSR count). The molecule has 1 atom stereocenters. The first kappa shape index (κ1) is 19.0. The number of fused-ring (bicyclic) bond motifs is 1. The largest absolute Gasteiger partial charge is 0.380 e. The maximum absolute atomic E-state index is 11.9. The summed E-state index contributed by atoms with van der Waals surface area (Å²) in [7, 11) is 1.98.